The van der Waals surface area contributed by atoms with Gasteiger partial charge in [0.25, 0.3) is 0 Å². The number of ether oxygens (including phenoxy) is 1. The lowest BCUT2D eigenvalue weighted by molar-refractivity contribution is 0.104. The van der Waals surface area contributed by atoms with Crippen LogP contribution in [0.4, 0.5) is 4.39 Å². The van der Waals surface area contributed by atoms with Gasteiger partial charge in [-0.2, -0.15) is 0 Å². The standard InChI is InChI=1S/C17H11ClFNO2/c1-22-12-6-7-13-15(8-12)20-9-14(18)16(13)17(21)10-2-4-11(19)5-3-10/h2-9H,1H3. The van der Waals surface area contributed by atoms with Gasteiger partial charge in [0, 0.05) is 23.2 Å². The number of nitrogens with zero attached hydrogens (tertiary/aromatic N) is 1. The zero-order valence-corrected chi connectivity index (χ0v) is 12.4. The Labute approximate surface area is 131 Å². The molecule has 1 heterocycles. The minimum atomic E-state index is -0.396. The fourth-order valence-corrected chi connectivity index (χ4v) is 2.49. The number of fused-ring (bicyclic) bond motifs is 1. The maximum absolute atomic E-state index is 13.0. The van der Waals surface area contributed by atoms with Crippen molar-refractivity contribution in [2.75, 3.05) is 7.11 Å². The number of halogens is 2. The zero-order chi connectivity index (χ0) is 15.7. The Morgan fingerprint density at radius 1 is 1.18 bits per heavy atom. The van der Waals surface area contributed by atoms with Gasteiger partial charge in [-0.1, -0.05) is 11.6 Å². The second kappa shape index (κ2) is 5.73. The largest absolute Gasteiger partial charge is 0.497 e. The summed E-state index contributed by atoms with van der Waals surface area (Å²) in [6.07, 6.45) is 1.43. The van der Waals surface area contributed by atoms with Crippen molar-refractivity contribution in [3.8, 4) is 5.75 Å². The first-order valence-corrected chi connectivity index (χ1v) is 6.90. The lowest BCUT2D eigenvalue weighted by Crippen LogP contribution is -2.04. The number of benzene rings is 2. The van der Waals surface area contributed by atoms with Crippen LogP contribution in [-0.4, -0.2) is 17.9 Å². The highest BCUT2D eigenvalue weighted by Crippen LogP contribution is 2.29. The van der Waals surface area contributed by atoms with Gasteiger partial charge >= 0.3 is 0 Å². The molecule has 0 aliphatic rings. The molecule has 0 aliphatic heterocycles. The van der Waals surface area contributed by atoms with Gasteiger partial charge in [-0.05, 0) is 36.4 Å². The SMILES string of the molecule is COc1ccc2c(C(=O)c3ccc(F)cc3)c(Cl)cnc2c1. The van der Waals surface area contributed by atoms with Crippen molar-refractivity contribution < 1.29 is 13.9 Å². The molecule has 22 heavy (non-hydrogen) atoms. The van der Waals surface area contributed by atoms with Gasteiger partial charge in [0.1, 0.15) is 11.6 Å². The maximum Gasteiger partial charge on any atom is 0.195 e. The number of carbonyl (C=O) groups is 1. The van der Waals surface area contributed by atoms with Gasteiger partial charge in [0.15, 0.2) is 5.78 Å². The van der Waals surface area contributed by atoms with E-state index in [2.05, 4.69) is 4.98 Å². The van der Waals surface area contributed by atoms with Crippen LogP contribution in [0.15, 0.2) is 48.7 Å². The third kappa shape index (κ3) is 2.53. The molecular weight excluding hydrogens is 305 g/mol. The minimum Gasteiger partial charge on any atom is -0.497 e. The quantitative estimate of drug-likeness (QED) is 0.678. The number of methoxy groups -OCH3 is 1. The van der Waals surface area contributed by atoms with Crippen molar-refractivity contribution in [1.29, 1.82) is 0 Å². The lowest BCUT2D eigenvalue weighted by Gasteiger charge is -2.09. The summed E-state index contributed by atoms with van der Waals surface area (Å²) >= 11 is 6.16. The van der Waals surface area contributed by atoms with Gasteiger partial charge in [-0.15, -0.1) is 0 Å². The van der Waals surface area contributed by atoms with Crippen LogP contribution in [0.5, 0.6) is 5.75 Å². The summed E-state index contributed by atoms with van der Waals surface area (Å²) in [5, 5.41) is 0.884. The average Bonchev–Trinajstić information content (AvgIpc) is 2.54. The van der Waals surface area contributed by atoms with Gasteiger partial charge in [-0.3, -0.25) is 9.78 Å². The van der Waals surface area contributed by atoms with Gasteiger partial charge < -0.3 is 4.74 Å². The molecule has 0 unspecified atom stereocenters. The van der Waals surface area contributed by atoms with E-state index >= 15 is 0 Å². The van der Waals surface area contributed by atoms with Gasteiger partial charge in [0.2, 0.25) is 0 Å². The summed E-state index contributed by atoms with van der Waals surface area (Å²) < 4.78 is 18.2. The van der Waals surface area contributed by atoms with Crippen molar-refractivity contribution >= 4 is 28.3 Å². The molecule has 0 amide bonds. The molecule has 0 saturated carbocycles. The Kier molecular flexibility index (Phi) is 3.77. The second-order valence-corrected chi connectivity index (χ2v) is 5.11. The van der Waals surface area contributed by atoms with E-state index in [1.165, 1.54) is 30.5 Å². The molecule has 0 spiro atoms. The summed E-state index contributed by atoms with van der Waals surface area (Å²) in [6.45, 7) is 0. The Morgan fingerprint density at radius 3 is 2.59 bits per heavy atom. The smallest absolute Gasteiger partial charge is 0.195 e. The molecule has 0 saturated heterocycles. The highest BCUT2D eigenvalue weighted by Gasteiger charge is 2.17. The number of aromatic nitrogens is 1. The number of carbonyl (C=O) groups excluding carboxylic acids is 1. The van der Waals surface area contributed by atoms with Crippen LogP contribution in [0.25, 0.3) is 10.9 Å². The van der Waals surface area contributed by atoms with Crippen molar-refractivity contribution in [2.24, 2.45) is 0 Å². The average molecular weight is 316 g/mol. The van der Waals surface area contributed by atoms with Gasteiger partial charge in [-0.25, -0.2) is 4.39 Å². The van der Waals surface area contributed by atoms with E-state index in [4.69, 9.17) is 16.3 Å². The van der Waals surface area contributed by atoms with E-state index in [0.717, 1.165) is 0 Å². The molecule has 0 radical (unpaired) electrons. The van der Waals surface area contributed by atoms with Crippen LogP contribution in [0.1, 0.15) is 15.9 Å². The molecule has 5 heteroatoms. The Bertz CT molecular complexity index is 862. The van der Waals surface area contributed by atoms with E-state index in [0.29, 0.717) is 27.8 Å². The fraction of sp³-hybridized carbons (Fsp3) is 0.0588. The summed E-state index contributed by atoms with van der Waals surface area (Å²) in [4.78, 5) is 16.9. The molecule has 0 aliphatic carbocycles. The van der Waals surface area contributed by atoms with E-state index in [1.54, 1.807) is 25.3 Å². The Hall–Kier alpha value is -2.46. The molecule has 0 N–H and O–H groups in total. The molecule has 2 aromatic carbocycles. The summed E-state index contributed by atoms with van der Waals surface area (Å²) in [6, 6.07) is 10.6. The van der Waals surface area contributed by atoms with E-state index in [1.807, 2.05) is 0 Å². The third-order valence-electron chi connectivity index (χ3n) is 3.36. The van der Waals surface area contributed by atoms with Crippen LogP contribution in [0.2, 0.25) is 5.02 Å². The first-order valence-electron chi connectivity index (χ1n) is 6.52. The lowest BCUT2D eigenvalue weighted by atomic mass is 9.99. The highest BCUT2D eigenvalue weighted by atomic mass is 35.5. The van der Waals surface area contributed by atoms with E-state index in [9.17, 15) is 9.18 Å². The first kappa shape index (κ1) is 14.5. The van der Waals surface area contributed by atoms with E-state index in [-0.39, 0.29) is 10.8 Å². The van der Waals surface area contributed by atoms with Crippen molar-refractivity contribution in [2.45, 2.75) is 0 Å². The third-order valence-corrected chi connectivity index (χ3v) is 3.65. The normalized spacial score (nSPS) is 10.7. The highest BCUT2D eigenvalue weighted by molar-refractivity contribution is 6.36. The fourth-order valence-electron chi connectivity index (χ4n) is 2.25. The number of hydrogen-bond donors (Lipinski definition) is 0. The van der Waals surface area contributed by atoms with Crippen LogP contribution < -0.4 is 4.74 Å². The van der Waals surface area contributed by atoms with Crippen LogP contribution >= 0.6 is 11.6 Å². The number of hydrogen-bond acceptors (Lipinski definition) is 3. The molecule has 0 fully saturated rings. The molecule has 3 aromatic rings. The summed E-state index contributed by atoms with van der Waals surface area (Å²) in [5.74, 6) is -0.0305. The summed E-state index contributed by atoms with van der Waals surface area (Å²) in [7, 11) is 1.56. The molecule has 3 rings (SSSR count). The zero-order valence-electron chi connectivity index (χ0n) is 11.6. The monoisotopic (exact) mass is 315 g/mol. The first-order chi connectivity index (χ1) is 10.6. The minimum absolute atomic E-state index is 0.256. The van der Waals surface area contributed by atoms with Crippen molar-refractivity contribution in [3.63, 3.8) is 0 Å². The molecule has 1 aromatic heterocycles. The number of rotatable bonds is 3. The van der Waals surface area contributed by atoms with Crippen molar-refractivity contribution in [3.05, 3.63) is 70.6 Å². The molecule has 0 bridgehead atoms. The van der Waals surface area contributed by atoms with Gasteiger partial charge in [0.05, 0.1) is 23.2 Å². The molecule has 3 nitrogen and oxygen atoms in total. The topological polar surface area (TPSA) is 39.2 Å². The molecule has 110 valence electrons. The molecular formula is C17H11ClFNO2. The predicted molar refractivity (Wildman–Crippen MR) is 83.1 cm³/mol. The van der Waals surface area contributed by atoms with Crippen molar-refractivity contribution in [1.82, 2.24) is 4.98 Å². The molecule has 0 atom stereocenters. The van der Waals surface area contributed by atoms with E-state index < -0.39 is 5.82 Å². The van der Waals surface area contributed by atoms with Crippen LogP contribution in [-0.2, 0) is 0 Å². The Morgan fingerprint density at radius 2 is 1.91 bits per heavy atom. The maximum atomic E-state index is 13.0. The van der Waals surface area contributed by atoms with Crippen LogP contribution in [0, 0.1) is 5.82 Å². The second-order valence-electron chi connectivity index (χ2n) is 4.70. The number of pyridine rings is 1. The predicted octanol–water partition coefficient (Wildman–Crippen LogP) is 4.27. The summed E-state index contributed by atoms with van der Waals surface area (Å²) in [5.41, 5.74) is 1.32. The number of ketones is 1. The Balaban J connectivity index is 2.18. The van der Waals surface area contributed by atoms with Crippen LogP contribution in [0.3, 0.4) is 0 Å².